The fourth-order valence-electron chi connectivity index (χ4n) is 2.62. The fraction of sp³-hybridized carbons (Fsp3) is 0.300. The van der Waals surface area contributed by atoms with Crippen LogP contribution >= 0.6 is 11.8 Å². The van der Waals surface area contributed by atoms with Crippen molar-refractivity contribution in [1.29, 1.82) is 0 Å². The van der Waals surface area contributed by atoms with E-state index >= 15 is 0 Å². The predicted octanol–water partition coefficient (Wildman–Crippen LogP) is 4.03. The zero-order valence-electron chi connectivity index (χ0n) is 14.5. The van der Waals surface area contributed by atoms with Crippen LogP contribution in [0.1, 0.15) is 28.8 Å². The zero-order chi connectivity index (χ0) is 17.8. The number of anilines is 1. The molecular weight excluding hydrogens is 332 g/mol. The summed E-state index contributed by atoms with van der Waals surface area (Å²) in [5.74, 6) is 0.134. The fourth-order valence-corrected chi connectivity index (χ4v) is 3.03. The van der Waals surface area contributed by atoms with Crippen LogP contribution in [0.25, 0.3) is 0 Å². The minimum atomic E-state index is -0.0588. The van der Waals surface area contributed by atoms with Crippen molar-refractivity contribution in [2.24, 2.45) is 5.92 Å². The van der Waals surface area contributed by atoms with Crippen molar-refractivity contribution >= 4 is 29.3 Å². The van der Waals surface area contributed by atoms with E-state index in [0.29, 0.717) is 17.8 Å². The van der Waals surface area contributed by atoms with Crippen LogP contribution in [-0.2, 0) is 11.3 Å². The molecule has 2 aromatic carbocycles. The third-order valence-corrected chi connectivity index (χ3v) is 4.99. The number of carbonyl (C=O) groups is 2. The third kappa shape index (κ3) is 4.63. The molecule has 0 unspecified atom stereocenters. The van der Waals surface area contributed by atoms with Gasteiger partial charge in [0.1, 0.15) is 0 Å². The molecule has 0 atom stereocenters. The monoisotopic (exact) mass is 354 g/mol. The van der Waals surface area contributed by atoms with Crippen molar-refractivity contribution in [3.63, 3.8) is 0 Å². The van der Waals surface area contributed by atoms with E-state index in [1.54, 1.807) is 41.9 Å². The largest absolute Gasteiger partial charge is 0.337 e. The highest BCUT2D eigenvalue weighted by Gasteiger charge is 2.29. The summed E-state index contributed by atoms with van der Waals surface area (Å²) in [6.07, 6.45) is 3.96. The molecule has 0 bridgehead atoms. The summed E-state index contributed by atoms with van der Waals surface area (Å²) < 4.78 is 0. The lowest BCUT2D eigenvalue weighted by Gasteiger charge is -2.18. The Balaban J connectivity index is 1.65. The van der Waals surface area contributed by atoms with Gasteiger partial charge in [-0.25, -0.2) is 0 Å². The SMILES string of the molecule is CSc1ccc(CN(C)C(=O)c2cccc(NC(=O)C3CC3)c2)cc1. The van der Waals surface area contributed by atoms with E-state index in [4.69, 9.17) is 0 Å². The minimum absolute atomic E-state index is 0.0480. The van der Waals surface area contributed by atoms with E-state index in [1.165, 1.54) is 4.90 Å². The molecule has 1 saturated carbocycles. The van der Waals surface area contributed by atoms with Crippen LogP contribution in [0.5, 0.6) is 0 Å². The number of amides is 2. The Bertz CT molecular complexity index is 770. The van der Waals surface area contributed by atoms with Gasteiger partial charge in [-0.05, 0) is 55.0 Å². The highest BCUT2D eigenvalue weighted by molar-refractivity contribution is 7.98. The van der Waals surface area contributed by atoms with Crippen molar-refractivity contribution in [1.82, 2.24) is 4.90 Å². The van der Waals surface area contributed by atoms with Gasteiger partial charge in [0, 0.05) is 35.7 Å². The number of hydrogen-bond donors (Lipinski definition) is 1. The number of hydrogen-bond acceptors (Lipinski definition) is 3. The molecule has 0 heterocycles. The molecule has 3 rings (SSSR count). The quantitative estimate of drug-likeness (QED) is 0.797. The second-order valence-corrected chi connectivity index (χ2v) is 7.23. The highest BCUT2D eigenvalue weighted by Crippen LogP contribution is 2.30. The van der Waals surface area contributed by atoms with E-state index in [1.807, 2.05) is 24.5 Å². The molecule has 4 nitrogen and oxygen atoms in total. The first-order chi connectivity index (χ1) is 12.1. The first-order valence-corrected chi connectivity index (χ1v) is 9.58. The number of rotatable bonds is 6. The molecule has 1 N–H and O–H groups in total. The van der Waals surface area contributed by atoms with E-state index < -0.39 is 0 Å². The average Bonchev–Trinajstić information content (AvgIpc) is 3.47. The highest BCUT2D eigenvalue weighted by atomic mass is 32.2. The Morgan fingerprint density at radius 2 is 1.88 bits per heavy atom. The summed E-state index contributed by atoms with van der Waals surface area (Å²) in [6.45, 7) is 0.548. The van der Waals surface area contributed by atoms with Gasteiger partial charge >= 0.3 is 0 Å². The molecule has 1 aliphatic carbocycles. The molecule has 0 spiro atoms. The van der Waals surface area contributed by atoms with Gasteiger partial charge in [-0.2, -0.15) is 0 Å². The van der Waals surface area contributed by atoms with Gasteiger partial charge < -0.3 is 10.2 Å². The molecule has 1 fully saturated rings. The Morgan fingerprint density at radius 3 is 2.52 bits per heavy atom. The number of carbonyl (C=O) groups excluding carboxylic acids is 2. The van der Waals surface area contributed by atoms with E-state index in [-0.39, 0.29) is 17.7 Å². The molecule has 2 amide bonds. The Hall–Kier alpha value is -2.27. The second-order valence-electron chi connectivity index (χ2n) is 6.35. The van der Waals surface area contributed by atoms with Crippen LogP contribution in [0.4, 0.5) is 5.69 Å². The lowest BCUT2D eigenvalue weighted by Crippen LogP contribution is -2.26. The van der Waals surface area contributed by atoms with Gasteiger partial charge in [-0.15, -0.1) is 11.8 Å². The lowest BCUT2D eigenvalue weighted by atomic mass is 10.1. The number of benzene rings is 2. The molecule has 2 aromatic rings. The number of nitrogens with one attached hydrogen (secondary N) is 1. The molecule has 1 aliphatic rings. The summed E-state index contributed by atoms with van der Waals surface area (Å²) in [4.78, 5) is 27.4. The van der Waals surface area contributed by atoms with Gasteiger partial charge in [0.05, 0.1) is 0 Å². The Kier molecular flexibility index (Phi) is 5.43. The summed E-state index contributed by atoms with van der Waals surface area (Å²) in [5, 5.41) is 2.89. The van der Waals surface area contributed by atoms with Crippen LogP contribution in [0.15, 0.2) is 53.4 Å². The van der Waals surface area contributed by atoms with Gasteiger partial charge in [-0.1, -0.05) is 18.2 Å². The van der Waals surface area contributed by atoms with Gasteiger partial charge in [0.2, 0.25) is 5.91 Å². The van der Waals surface area contributed by atoms with Crippen molar-refractivity contribution in [3.05, 3.63) is 59.7 Å². The molecule has 0 aromatic heterocycles. The Labute approximate surface area is 152 Å². The van der Waals surface area contributed by atoms with Crippen molar-refractivity contribution < 1.29 is 9.59 Å². The molecule has 5 heteroatoms. The molecule has 0 radical (unpaired) electrons. The van der Waals surface area contributed by atoms with Gasteiger partial charge in [-0.3, -0.25) is 9.59 Å². The maximum absolute atomic E-state index is 12.7. The Morgan fingerprint density at radius 1 is 1.16 bits per heavy atom. The van der Waals surface area contributed by atoms with Crippen molar-refractivity contribution in [2.75, 3.05) is 18.6 Å². The first-order valence-electron chi connectivity index (χ1n) is 8.36. The predicted molar refractivity (Wildman–Crippen MR) is 102 cm³/mol. The molecule has 130 valence electrons. The van der Waals surface area contributed by atoms with Crippen LogP contribution in [0, 0.1) is 5.92 Å². The van der Waals surface area contributed by atoms with Gasteiger partial charge in [0.15, 0.2) is 0 Å². The smallest absolute Gasteiger partial charge is 0.253 e. The maximum atomic E-state index is 12.7. The van der Waals surface area contributed by atoms with Crippen molar-refractivity contribution in [3.8, 4) is 0 Å². The van der Waals surface area contributed by atoms with Crippen LogP contribution in [0.3, 0.4) is 0 Å². The molecule has 0 aliphatic heterocycles. The zero-order valence-corrected chi connectivity index (χ0v) is 15.3. The van der Waals surface area contributed by atoms with Crippen LogP contribution in [-0.4, -0.2) is 30.0 Å². The maximum Gasteiger partial charge on any atom is 0.253 e. The average molecular weight is 354 g/mol. The van der Waals surface area contributed by atoms with Crippen LogP contribution in [0.2, 0.25) is 0 Å². The number of nitrogens with zero attached hydrogens (tertiary/aromatic N) is 1. The standard InChI is InChI=1S/C20H22N2O2S/c1-22(13-14-6-10-18(25-2)11-7-14)20(24)16-4-3-5-17(12-16)21-19(23)15-8-9-15/h3-7,10-12,15H,8-9,13H2,1-2H3,(H,21,23). The molecule has 0 saturated heterocycles. The van der Waals surface area contributed by atoms with Gasteiger partial charge in [0.25, 0.3) is 5.91 Å². The second kappa shape index (κ2) is 7.74. The van der Waals surface area contributed by atoms with E-state index in [9.17, 15) is 9.59 Å². The summed E-state index contributed by atoms with van der Waals surface area (Å²) in [5.41, 5.74) is 2.35. The summed E-state index contributed by atoms with van der Waals surface area (Å²) >= 11 is 1.70. The molecule has 25 heavy (non-hydrogen) atoms. The first kappa shape index (κ1) is 17.5. The topological polar surface area (TPSA) is 49.4 Å². The van der Waals surface area contributed by atoms with E-state index in [2.05, 4.69) is 17.4 Å². The van der Waals surface area contributed by atoms with Crippen molar-refractivity contribution in [2.45, 2.75) is 24.3 Å². The van der Waals surface area contributed by atoms with Crippen LogP contribution < -0.4 is 5.32 Å². The minimum Gasteiger partial charge on any atom is -0.337 e. The number of thioether (sulfide) groups is 1. The molecular formula is C20H22N2O2S. The summed E-state index contributed by atoms with van der Waals surface area (Å²) in [7, 11) is 1.79. The van der Waals surface area contributed by atoms with E-state index in [0.717, 1.165) is 18.4 Å². The third-order valence-electron chi connectivity index (χ3n) is 4.25. The summed E-state index contributed by atoms with van der Waals surface area (Å²) in [6, 6.07) is 15.4. The lowest BCUT2D eigenvalue weighted by molar-refractivity contribution is -0.117. The normalized spacial score (nSPS) is 13.4.